The van der Waals surface area contributed by atoms with Gasteiger partial charge in [0.1, 0.15) is 0 Å². The van der Waals surface area contributed by atoms with Crippen molar-refractivity contribution in [2.45, 2.75) is 24.9 Å². The smallest absolute Gasteiger partial charge is 0.335 e. The van der Waals surface area contributed by atoms with Gasteiger partial charge in [0.05, 0.1) is 42.0 Å². The Morgan fingerprint density at radius 1 is 1.09 bits per heavy atom. The van der Waals surface area contributed by atoms with E-state index in [-0.39, 0.29) is 35.7 Å². The highest BCUT2D eigenvalue weighted by molar-refractivity contribution is 7.86. The van der Waals surface area contributed by atoms with Gasteiger partial charge in [0.15, 0.2) is 0 Å². The van der Waals surface area contributed by atoms with Gasteiger partial charge in [-0.25, -0.2) is 9.48 Å². The standard InChI is InChI=1S/C24H22N4O6S/c1-17-5-7-21(8-6-17)35(32,33)34-12-11-27-16-20(14-25-27)22-9-10-23(29)28(26-22)15-18-3-2-4-19(13-18)24(30)31/h2-10,13-14,16H,11-12,15H2,1H3,(H,30,31). The number of carbonyl (C=O) groups is 1. The van der Waals surface area contributed by atoms with E-state index < -0.39 is 16.1 Å². The highest BCUT2D eigenvalue weighted by Gasteiger charge is 2.15. The number of carboxylic acid groups (broad SMARTS) is 1. The lowest BCUT2D eigenvalue weighted by atomic mass is 10.1. The van der Waals surface area contributed by atoms with Gasteiger partial charge >= 0.3 is 5.97 Å². The molecule has 0 saturated heterocycles. The number of aryl methyl sites for hydroxylation is 1. The Morgan fingerprint density at radius 3 is 2.60 bits per heavy atom. The second-order valence-corrected chi connectivity index (χ2v) is 9.42. The van der Waals surface area contributed by atoms with Crippen molar-refractivity contribution in [2.24, 2.45) is 0 Å². The van der Waals surface area contributed by atoms with Crippen molar-refractivity contribution in [3.63, 3.8) is 0 Å². The summed E-state index contributed by atoms with van der Waals surface area (Å²) in [5, 5.41) is 17.7. The van der Waals surface area contributed by atoms with E-state index in [9.17, 15) is 18.0 Å². The average Bonchev–Trinajstić information content (AvgIpc) is 3.30. The number of nitrogens with zero attached hydrogens (tertiary/aromatic N) is 4. The van der Waals surface area contributed by atoms with Crippen LogP contribution < -0.4 is 5.56 Å². The maximum Gasteiger partial charge on any atom is 0.335 e. The van der Waals surface area contributed by atoms with Gasteiger partial charge in [0.25, 0.3) is 15.7 Å². The second kappa shape index (κ2) is 10.0. The van der Waals surface area contributed by atoms with Crippen molar-refractivity contribution < 1.29 is 22.5 Å². The van der Waals surface area contributed by atoms with Crippen LogP contribution in [0, 0.1) is 6.92 Å². The van der Waals surface area contributed by atoms with Crippen LogP contribution in [0.4, 0.5) is 0 Å². The van der Waals surface area contributed by atoms with Gasteiger partial charge in [0.2, 0.25) is 0 Å². The molecule has 1 N–H and O–H groups in total. The fourth-order valence-corrected chi connectivity index (χ4v) is 4.22. The molecule has 0 radical (unpaired) electrons. The summed E-state index contributed by atoms with van der Waals surface area (Å²) >= 11 is 0. The van der Waals surface area contributed by atoms with Gasteiger partial charge in [0, 0.05) is 17.8 Å². The maximum absolute atomic E-state index is 12.3. The van der Waals surface area contributed by atoms with E-state index in [0.29, 0.717) is 16.8 Å². The number of aromatic nitrogens is 4. The van der Waals surface area contributed by atoms with Crippen LogP contribution in [0.2, 0.25) is 0 Å². The molecule has 4 rings (SSSR count). The summed E-state index contributed by atoms with van der Waals surface area (Å²) in [6.45, 7) is 2.05. The van der Waals surface area contributed by atoms with Gasteiger partial charge in [-0.2, -0.15) is 18.6 Å². The summed E-state index contributed by atoms with van der Waals surface area (Å²) in [6.07, 6.45) is 3.22. The van der Waals surface area contributed by atoms with Gasteiger partial charge in [-0.15, -0.1) is 0 Å². The monoisotopic (exact) mass is 494 g/mol. The molecule has 2 heterocycles. The Kier molecular flexibility index (Phi) is 6.90. The van der Waals surface area contributed by atoms with Crippen molar-refractivity contribution in [2.75, 3.05) is 6.61 Å². The van der Waals surface area contributed by atoms with Crippen LogP contribution in [-0.4, -0.2) is 45.7 Å². The normalized spacial score (nSPS) is 11.5. The summed E-state index contributed by atoms with van der Waals surface area (Å²) in [6, 6.07) is 15.6. The molecule has 2 aromatic heterocycles. The molecular weight excluding hydrogens is 472 g/mol. The van der Waals surface area contributed by atoms with Crippen LogP contribution >= 0.6 is 0 Å². The van der Waals surface area contributed by atoms with E-state index in [1.807, 2.05) is 6.92 Å². The molecule has 0 amide bonds. The van der Waals surface area contributed by atoms with Gasteiger partial charge in [-0.3, -0.25) is 13.7 Å². The van der Waals surface area contributed by atoms with Crippen molar-refractivity contribution in [1.29, 1.82) is 0 Å². The largest absolute Gasteiger partial charge is 0.478 e. The predicted octanol–water partition coefficient (Wildman–Crippen LogP) is 2.57. The first kappa shape index (κ1) is 24.0. The average molecular weight is 495 g/mol. The fourth-order valence-electron chi connectivity index (χ4n) is 3.32. The molecule has 0 unspecified atom stereocenters. The van der Waals surface area contributed by atoms with Crippen LogP contribution in [0.3, 0.4) is 0 Å². The molecule has 0 bridgehead atoms. The molecule has 10 nitrogen and oxygen atoms in total. The lowest BCUT2D eigenvalue weighted by molar-refractivity contribution is 0.0696. The van der Waals surface area contributed by atoms with E-state index in [1.54, 1.807) is 42.7 Å². The van der Waals surface area contributed by atoms with Crippen molar-refractivity contribution >= 4 is 16.1 Å². The van der Waals surface area contributed by atoms with Crippen LogP contribution in [0.5, 0.6) is 0 Å². The molecule has 4 aromatic rings. The fraction of sp³-hybridized carbons (Fsp3) is 0.167. The number of carboxylic acids is 1. The maximum atomic E-state index is 12.3. The Morgan fingerprint density at radius 2 is 1.86 bits per heavy atom. The third kappa shape index (κ3) is 5.89. The predicted molar refractivity (Wildman–Crippen MR) is 127 cm³/mol. The SMILES string of the molecule is Cc1ccc(S(=O)(=O)OCCn2cc(-c3ccc(=O)n(Cc4cccc(C(=O)O)c4)n3)cn2)cc1. The Hall–Kier alpha value is -4.09. The summed E-state index contributed by atoms with van der Waals surface area (Å²) in [5.41, 5.74) is 2.47. The molecule has 11 heteroatoms. The number of rotatable bonds is 9. The zero-order chi connectivity index (χ0) is 25.0. The molecule has 0 saturated carbocycles. The molecule has 0 aliphatic heterocycles. The van der Waals surface area contributed by atoms with Crippen molar-refractivity contribution in [3.8, 4) is 11.3 Å². The molecule has 0 aliphatic carbocycles. The zero-order valence-electron chi connectivity index (χ0n) is 18.7. The zero-order valence-corrected chi connectivity index (χ0v) is 19.6. The Labute approximate surface area is 201 Å². The third-order valence-electron chi connectivity index (χ3n) is 5.17. The van der Waals surface area contributed by atoms with E-state index >= 15 is 0 Å². The summed E-state index contributed by atoms with van der Waals surface area (Å²) < 4.78 is 32.5. The Balaban J connectivity index is 1.44. The lowest BCUT2D eigenvalue weighted by Crippen LogP contribution is -2.22. The Bertz CT molecular complexity index is 1520. The third-order valence-corrected chi connectivity index (χ3v) is 6.50. The van der Waals surface area contributed by atoms with E-state index in [0.717, 1.165) is 5.56 Å². The summed E-state index contributed by atoms with van der Waals surface area (Å²) in [7, 11) is -3.87. The molecule has 180 valence electrons. The van der Waals surface area contributed by atoms with Crippen LogP contribution in [0.1, 0.15) is 21.5 Å². The highest BCUT2D eigenvalue weighted by Crippen LogP contribution is 2.16. The number of hydrogen-bond donors (Lipinski definition) is 1. The molecule has 0 aliphatic rings. The van der Waals surface area contributed by atoms with Crippen LogP contribution in [0.25, 0.3) is 11.3 Å². The van der Waals surface area contributed by atoms with E-state index in [2.05, 4.69) is 10.2 Å². The minimum absolute atomic E-state index is 0.0876. The minimum atomic E-state index is -3.87. The van der Waals surface area contributed by atoms with Crippen LogP contribution in [-0.2, 0) is 27.4 Å². The topological polar surface area (TPSA) is 133 Å². The summed E-state index contributed by atoms with van der Waals surface area (Å²) in [4.78, 5) is 23.6. The molecule has 0 atom stereocenters. The molecule has 0 spiro atoms. The van der Waals surface area contributed by atoms with E-state index in [1.165, 1.54) is 39.7 Å². The molecule has 0 fully saturated rings. The number of aromatic carboxylic acids is 1. The first-order chi connectivity index (χ1) is 16.7. The number of benzene rings is 2. The lowest BCUT2D eigenvalue weighted by Gasteiger charge is -2.07. The molecule has 35 heavy (non-hydrogen) atoms. The first-order valence-electron chi connectivity index (χ1n) is 10.6. The number of hydrogen-bond acceptors (Lipinski definition) is 7. The van der Waals surface area contributed by atoms with Crippen molar-refractivity contribution in [1.82, 2.24) is 19.6 Å². The molecular formula is C24H22N4O6S. The van der Waals surface area contributed by atoms with Crippen molar-refractivity contribution in [3.05, 3.63) is 100 Å². The van der Waals surface area contributed by atoms with Crippen LogP contribution in [0.15, 0.2) is 82.7 Å². The van der Waals surface area contributed by atoms with Gasteiger partial charge in [-0.1, -0.05) is 29.8 Å². The van der Waals surface area contributed by atoms with E-state index in [4.69, 9.17) is 9.29 Å². The first-order valence-corrected chi connectivity index (χ1v) is 12.0. The second-order valence-electron chi connectivity index (χ2n) is 7.80. The molecule has 2 aromatic carbocycles. The summed E-state index contributed by atoms with van der Waals surface area (Å²) in [5.74, 6) is -1.05. The highest BCUT2D eigenvalue weighted by atomic mass is 32.2. The van der Waals surface area contributed by atoms with Gasteiger partial charge in [-0.05, 0) is 42.8 Å². The quantitative estimate of drug-likeness (QED) is 0.351. The minimum Gasteiger partial charge on any atom is -0.478 e. The van der Waals surface area contributed by atoms with Gasteiger partial charge < -0.3 is 5.11 Å².